The van der Waals surface area contributed by atoms with Gasteiger partial charge in [0.2, 0.25) is 0 Å². The Kier molecular flexibility index (Phi) is 5.62. The van der Waals surface area contributed by atoms with Gasteiger partial charge in [0, 0.05) is 23.0 Å². The molecule has 1 nitrogen and oxygen atoms in total. The lowest BCUT2D eigenvalue weighted by Gasteiger charge is -2.36. The molecule has 2 heterocycles. The molecule has 3 aromatic rings. The Morgan fingerprint density at radius 1 is 1.00 bits per heavy atom. The molecule has 4 heteroatoms. The van der Waals surface area contributed by atoms with E-state index in [-0.39, 0.29) is 12.4 Å². The van der Waals surface area contributed by atoms with Crippen molar-refractivity contribution in [3.05, 3.63) is 92.6 Å². The highest BCUT2D eigenvalue weighted by atomic mass is 35.5. The molecule has 0 bridgehead atoms. The van der Waals surface area contributed by atoms with Gasteiger partial charge in [0.05, 0.1) is 6.04 Å². The van der Waals surface area contributed by atoms with Crippen molar-refractivity contribution in [2.45, 2.75) is 19.0 Å². The van der Waals surface area contributed by atoms with Gasteiger partial charge in [-0.05, 0) is 40.6 Å². The van der Waals surface area contributed by atoms with E-state index in [0.717, 1.165) is 24.5 Å². The lowest BCUT2D eigenvalue weighted by Crippen LogP contribution is -2.35. The minimum Gasteiger partial charge on any atom is -0.288 e. The van der Waals surface area contributed by atoms with Crippen LogP contribution in [0.1, 0.15) is 27.6 Å². The Morgan fingerprint density at radius 2 is 1.75 bits per heavy atom. The summed E-state index contributed by atoms with van der Waals surface area (Å²) < 4.78 is 0. The molecule has 24 heavy (non-hydrogen) atoms. The van der Waals surface area contributed by atoms with Gasteiger partial charge >= 0.3 is 0 Å². The van der Waals surface area contributed by atoms with Gasteiger partial charge in [-0.25, -0.2) is 0 Å². The van der Waals surface area contributed by atoms with E-state index in [0.29, 0.717) is 6.04 Å². The van der Waals surface area contributed by atoms with Crippen LogP contribution >= 0.6 is 35.3 Å². The topological polar surface area (TPSA) is 3.24 Å². The van der Waals surface area contributed by atoms with Crippen molar-refractivity contribution in [2.75, 3.05) is 6.54 Å². The fraction of sp³-hybridized carbons (Fsp3) is 0.200. The zero-order valence-corrected chi connectivity index (χ0v) is 15.6. The third-order valence-electron chi connectivity index (χ3n) is 4.51. The number of hydrogen-bond donors (Lipinski definition) is 0. The summed E-state index contributed by atoms with van der Waals surface area (Å²) >= 11 is 8.27. The van der Waals surface area contributed by atoms with Gasteiger partial charge in [0.1, 0.15) is 0 Å². The molecule has 4 rings (SSSR count). The van der Waals surface area contributed by atoms with Crippen LogP contribution in [0.2, 0.25) is 5.02 Å². The largest absolute Gasteiger partial charge is 0.288 e. The fourth-order valence-corrected chi connectivity index (χ4v) is 4.51. The van der Waals surface area contributed by atoms with Crippen LogP contribution in [-0.2, 0) is 13.0 Å². The minimum atomic E-state index is 0. The zero-order valence-electron chi connectivity index (χ0n) is 13.2. The number of hydrogen-bond acceptors (Lipinski definition) is 2. The molecule has 1 aliphatic rings. The van der Waals surface area contributed by atoms with Crippen molar-refractivity contribution in [3.8, 4) is 0 Å². The molecule has 2 aromatic carbocycles. The van der Waals surface area contributed by atoms with Crippen LogP contribution in [0.3, 0.4) is 0 Å². The molecule has 1 aromatic heterocycles. The Labute approximate surface area is 158 Å². The highest BCUT2D eigenvalue weighted by molar-refractivity contribution is 7.10. The predicted molar refractivity (Wildman–Crippen MR) is 105 cm³/mol. The predicted octanol–water partition coefficient (Wildman–Crippen LogP) is 5.97. The monoisotopic (exact) mass is 375 g/mol. The number of nitrogens with zero attached hydrogens (tertiary/aromatic N) is 1. The smallest absolute Gasteiger partial charge is 0.0615 e. The summed E-state index contributed by atoms with van der Waals surface area (Å²) in [5.41, 5.74) is 4.02. The van der Waals surface area contributed by atoms with E-state index in [2.05, 4.69) is 58.8 Å². The quantitative estimate of drug-likeness (QED) is 0.544. The van der Waals surface area contributed by atoms with E-state index in [9.17, 15) is 0 Å². The van der Waals surface area contributed by atoms with Crippen LogP contribution in [0.4, 0.5) is 0 Å². The number of halogens is 2. The first-order valence-corrected chi connectivity index (χ1v) is 9.17. The van der Waals surface area contributed by atoms with E-state index in [4.69, 9.17) is 11.6 Å². The van der Waals surface area contributed by atoms with Gasteiger partial charge in [0.15, 0.2) is 0 Å². The maximum Gasteiger partial charge on any atom is 0.0615 e. The maximum atomic E-state index is 6.39. The average Bonchev–Trinajstić information content (AvgIpc) is 3.06. The minimum absolute atomic E-state index is 0. The molecule has 1 atom stereocenters. The Hall–Kier alpha value is -1.32. The van der Waals surface area contributed by atoms with Gasteiger partial charge < -0.3 is 0 Å². The summed E-state index contributed by atoms with van der Waals surface area (Å²) in [5, 5.41) is 3.08. The summed E-state index contributed by atoms with van der Waals surface area (Å²) in [7, 11) is 0. The number of rotatable bonds is 3. The summed E-state index contributed by atoms with van der Waals surface area (Å²) in [6.07, 6.45) is 1.13. The molecular weight excluding hydrogens is 357 g/mol. The summed E-state index contributed by atoms with van der Waals surface area (Å²) in [6, 6.07) is 21.6. The second-order valence-corrected chi connectivity index (χ2v) is 7.33. The van der Waals surface area contributed by atoms with E-state index >= 15 is 0 Å². The molecule has 0 saturated heterocycles. The van der Waals surface area contributed by atoms with Crippen molar-refractivity contribution >= 4 is 35.3 Å². The van der Waals surface area contributed by atoms with Crippen molar-refractivity contribution in [1.82, 2.24) is 4.90 Å². The molecular formula is C20H19Cl2NS. The first kappa shape index (κ1) is 17.5. The van der Waals surface area contributed by atoms with Gasteiger partial charge in [-0.1, -0.05) is 60.1 Å². The highest BCUT2D eigenvalue weighted by Crippen LogP contribution is 2.38. The van der Waals surface area contributed by atoms with Crippen molar-refractivity contribution in [3.63, 3.8) is 0 Å². The Morgan fingerprint density at radius 3 is 2.54 bits per heavy atom. The number of fused-ring (bicyclic) bond motifs is 1. The molecule has 0 saturated carbocycles. The first-order valence-electron chi connectivity index (χ1n) is 7.91. The van der Waals surface area contributed by atoms with Gasteiger partial charge in [-0.2, -0.15) is 0 Å². The van der Waals surface area contributed by atoms with Crippen LogP contribution < -0.4 is 0 Å². The second-order valence-electron chi connectivity index (χ2n) is 5.92. The molecule has 124 valence electrons. The average molecular weight is 376 g/mol. The third-order valence-corrected chi connectivity index (χ3v) is 5.88. The van der Waals surface area contributed by atoms with Gasteiger partial charge in [-0.15, -0.1) is 23.7 Å². The Balaban J connectivity index is 0.00000169. The molecule has 0 fully saturated rings. The standard InChI is InChI=1S/C20H18ClNS.ClH/c21-18-9-5-4-8-16(18)14-22-12-10-19-17(11-13-23-19)20(22)15-6-2-1-3-7-15;/h1-9,11,13,20H,10,12,14H2;1H. The second kappa shape index (κ2) is 7.71. The summed E-state index contributed by atoms with van der Waals surface area (Å²) in [6.45, 7) is 1.95. The summed E-state index contributed by atoms with van der Waals surface area (Å²) in [5.74, 6) is 0. The molecule has 1 aliphatic heterocycles. The van der Waals surface area contributed by atoms with Crippen LogP contribution in [0.25, 0.3) is 0 Å². The van der Waals surface area contributed by atoms with E-state index in [1.54, 1.807) is 0 Å². The molecule has 0 spiro atoms. The Bertz CT molecular complexity index is 800. The third kappa shape index (κ3) is 3.38. The van der Waals surface area contributed by atoms with Crippen LogP contribution in [0.15, 0.2) is 66.0 Å². The molecule has 1 unspecified atom stereocenters. The van der Waals surface area contributed by atoms with Crippen molar-refractivity contribution in [1.29, 1.82) is 0 Å². The molecule has 0 aliphatic carbocycles. The number of thiophene rings is 1. The van der Waals surface area contributed by atoms with Crippen LogP contribution in [0, 0.1) is 0 Å². The lowest BCUT2D eigenvalue weighted by molar-refractivity contribution is 0.206. The van der Waals surface area contributed by atoms with E-state index in [1.165, 1.54) is 21.6 Å². The van der Waals surface area contributed by atoms with Gasteiger partial charge in [0.25, 0.3) is 0 Å². The maximum absolute atomic E-state index is 6.39. The SMILES string of the molecule is Cl.Clc1ccccc1CN1CCc2sccc2C1c1ccccc1. The number of benzene rings is 2. The fourth-order valence-electron chi connectivity index (χ4n) is 3.41. The normalized spacial score (nSPS) is 17.1. The highest BCUT2D eigenvalue weighted by Gasteiger charge is 2.29. The van der Waals surface area contributed by atoms with Crippen molar-refractivity contribution < 1.29 is 0 Å². The summed E-state index contributed by atoms with van der Waals surface area (Å²) in [4.78, 5) is 4.07. The molecule has 0 N–H and O–H groups in total. The van der Waals surface area contributed by atoms with Crippen LogP contribution in [-0.4, -0.2) is 11.4 Å². The first-order chi connectivity index (χ1) is 11.3. The molecule has 0 radical (unpaired) electrons. The van der Waals surface area contributed by atoms with E-state index < -0.39 is 0 Å². The van der Waals surface area contributed by atoms with Crippen LogP contribution in [0.5, 0.6) is 0 Å². The molecule has 0 amide bonds. The van der Waals surface area contributed by atoms with Gasteiger partial charge in [-0.3, -0.25) is 4.90 Å². The van der Waals surface area contributed by atoms with E-state index in [1.807, 2.05) is 23.5 Å². The lowest BCUT2D eigenvalue weighted by atomic mass is 9.93. The van der Waals surface area contributed by atoms with Crippen molar-refractivity contribution in [2.24, 2.45) is 0 Å². The zero-order chi connectivity index (χ0) is 15.6.